The second-order valence-electron chi connectivity index (χ2n) is 5.50. The molecule has 0 bridgehead atoms. The minimum absolute atomic E-state index is 0.0541. The van der Waals surface area contributed by atoms with Gasteiger partial charge >= 0.3 is 0 Å². The van der Waals surface area contributed by atoms with Crippen molar-refractivity contribution in [3.63, 3.8) is 0 Å². The lowest BCUT2D eigenvalue weighted by Crippen LogP contribution is -2.38. The number of nitrogens with zero attached hydrogens (tertiary/aromatic N) is 2. The third-order valence-electron chi connectivity index (χ3n) is 3.72. The highest BCUT2D eigenvalue weighted by molar-refractivity contribution is 6.30. The Hall–Kier alpha value is -2.69. The molecule has 136 valence electrons. The number of aromatic nitrogens is 1. The van der Waals surface area contributed by atoms with Crippen LogP contribution in [0, 0.1) is 17.1 Å². The molecule has 0 spiro atoms. The molecular weight excluding hydrogens is 390 g/mol. The van der Waals surface area contributed by atoms with Gasteiger partial charge in [-0.3, -0.25) is 0 Å². The minimum Gasteiger partial charge on any atom is -0.394 e. The molecule has 0 radical (unpaired) electrons. The van der Waals surface area contributed by atoms with Crippen molar-refractivity contribution in [2.45, 2.75) is 6.04 Å². The first-order valence-electron chi connectivity index (χ1n) is 7.81. The molecule has 1 heterocycles. The summed E-state index contributed by atoms with van der Waals surface area (Å²) in [7, 11) is 0. The van der Waals surface area contributed by atoms with Crippen molar-refractivity contribution in [3.8, 4) is 11.8 Å². The van der Waals surface area contributed by atoms with Crippen molar-refractivity contribution < 1.29 is 9.23 Å². The molecule has 1 aromatic heterocycles. The number of hydrogen-bond acceptors (Lipinski definition) is 5. The van der Waals surface area contributed by atoms with Gasteiger partial charge in [0, 0.05) is 17.3 Å². The van der Waals surface area contributed by atoms with Crippen LogP contribution in [0.5, 0.6) is 5.75 Å². The first-order valence-corrected chi connectivity index (χ1v) is 8.56. The third kappa shape index (κ3) is 4.94. The lowest BCUT2D eigenvalue weighted by atomic mass is 10.0. The molecule has 1 atom stereocenters. The van der Waals surface area contributed by atoms with E-state index >= 15 is 0 Å². The van der Waals surface area contributed by atoms with Gasteiger partial charge in [-0.1, -0.05) is 47.0 Å². The predicted octanol–water partition coefficient (Wildman–Crippen LogP) is 4.58. The van der Waals surface area contributed by atoms with Crippen molar-refractivity contribution >= 4 is 23.2 Å². The molecule has 2 N–H and O–H groups in total. The summed E-state index contributed by atoms with van der Waals surface area (Å²) in [6, 6.07) is 16.1. The number of rotatable bonds is 6. The van der Waals surface area contributed by atoms with E-state index in [-0.39, 0.29) is 17.4 Å². The molecule has 0 aliphatic rings. The van der Waals surface area contributed by atoms with E-state index < -0.39 is 5.82 Å². The normalized spacial score (nSPS) is 11.6. The van der Waals surface area contributed by atoms with E-state index in [2.05, 4.69) is 16.0 Å². The molecule has 0 fully saturated rings. The molecule has 0 aliphatic carbocycles. The number of pyridine rings is 1. The molecule has 27 heavy (non-hydrogen) atoms. The quantitative estimate of drug-likeness (QED) is 0.466. The number of benzene rings is 2. The van der Waals surface area contributed by atoms with Gasteiger partial charge in [-0.25, -0.2) is 14.8 Å². The van der Waals surface area contributed by atoms with Crippen molar-refractivity contribution in [1.29, 1.82) is 5.26 Å². The highest BCUT2D eigenvalue weighted by atomic mass is 35.5. The second-order valence-corrected chi connectivity index (χ2v) is 6.32. The van der Waals surface area contributed by atoms with E-state index in [1.165, 1.54) is 12.1 Å². The van der Waals surface area contributed by atoms with Crippen LogP contribution in [0.4, 0.5) is 4.39 Å². The SMILES string of the molecule is N#Cc1ccc(ONNC(c2ccc(Cl)cc2)c2ccc(Cl)nc2)cc1F. The van der Waals surface area contributed by atoms with E-state index in [1.54, 1.807) is 30.5 Å². The third-order valence-corrected chi connectivity index (χ3v) is 4.20. The van der Waals surface area contributed by atoms with Gasteiger partial charge in [-0.2, -0.15) is 5.26 Å². The summed E-state index contributed by atoms with van der Waals surface area (Å²) in [6.45, 7) is 0. The van der Waals surface area contributed by atoms with Gasteiger partial charge in [-0.05, 0) is 41.5 Å². The van der Waals surface area contributed by atoms with Gasteiger partial charge in [-0.15, -0.1) is 0 Å². The molecule has 0 saturated carbocycles. The maximum absolute atomic E-state index is 13.7. The molecule has 0 saturated heterocycles. The van der Waals surface area contributed by atoms with Gasteiger partial charge in [0.25, 0.3) is 0 Å². The lowest BCUT2D eigenvalue weighted by Gasteiger charge is -2.20. The van der Waals surface area contributed by atoms with Crippen molar-refractivity contribution in [1.82, 2.24) is 16.0 Å². The zero-order valence-corrected chi connectivity index (χ0v) is 15.3. The molecule has 3 aromatic rings. The van der Waals surface area contributed by atoms with Crippen LogP contribution in [0.2, 0.25) is 10.2 Å². The van der Waals surface area contributed by atoms with E-state index in [9.17, 15) is 4.39 Å². The molecule has 5 nitrogen and oxygen atoms in total. The summed E-state index contributed by atoms with van der Waals surface area (Å²) in [5.41, 5.74) is 7.26. The molecule has 3 rings (SSSR count). The maximum atomic E-state index is 13.7. The molecular formula is C19H13Cl2FN4O. The van der Waals surface area contributed by atoms with Crippen molar-refractivity contribution in [2.24, 2.45) is 0 Å². The van der Waals surface area contributed by atoms with Crippen LogP contribution in [-0.2, 0) is 0 Å². The van der Waals surface area contributed by atoms with Crippen LogP contribution in [0.1, 0.15) is 22.7 Å². The van der Waals surface area contributed by atoms with Gasteiger partial charge in [0.2, 0.25) is 0 Å². The number of hydrogen-bond donors (Lipinski definition) is 2. The monoisotopic (exact) mass is 402 g/mol. The Bertz CT molecular complexity index is 913. The van der Waals surface area contributed by atoms with E-state index in [4.69, 9.17) is 33.3 Å². The Kier molecular flexibility index (Phi) is 6.22. The number of nitriles is 1. The van der Waals surface area contributed by atoms with Crippen LogP contribution in [-0.4, -0.2) is 4.98 Å². The zero-order valence-electron chi connectivity index (χ0n) is 13.8. The summed E-state index contributed by atoms with van der Waals surface area (Å²) >= 11 is 11.8. The fraction of sp³-hybridized carbons (Fsp3) is 0.0526. The Morgan fingerprint density at radius 1 is 1.04 bits per heavy atom. The standard InChI is InChI=1S/C19H13Cl2FN4O/c20-15-5-1-12(2-6-15)19(14-4-8-18(21)24-11-14)25-26-27-16-7-3-13(10-23)17(22)9-16/h1-9,11,19,25-26H. The van der Waals surface area contributed by atoms with Crippen LogP contribution in [0.3, 0.4) is 0 Å². The Morgan fingerprint density at radius 3 is 2.41 bits per heavy atom. The highest BCUT2D eigenvalue weighted by Crippen LogP contribution is 2.23. The van der Waals surface area contributed by atoms with Crippen LogP contribution in [0.15, 0.2) is 60.8 Å². The molecule has 2 aromatic carbocycles. The minimum atomic E-state index is -0.659. The van der Waals surface area contributed by atoms with Gasteiger partial charge in [0.05, 0.1) is 11.6 Å². The molecule has 8 heteroatoms. The maximum Gasteiger partial charge on any atom is 0.152 e. The summed E-state index contributed by atoms with van der Waals surface area (Å²) in [5.74, 6) is -0.448. The summed E-state index contributed by atoms with van der Waals surface area (Å²) in [4.78, 5) is 9.41. The Balaban J connectivity index is 1.75. The number of hydrazine groups is 1. The van der Waals surface area contributed by atoms with E-state index in [0.717, 1.165) is 17.2 Å². The van der Waals surface area contributed by atoms with Crippen LogP contribution < -0.4 is 15.9 Å². The second kappa shape index (κ2) is 8.80. The summed E-state index contributed by atoms with van der Waals surface area (Å²) < 4.78 is 13.7. The highest BCUT2D eigenvalue weighted by Gasteiger charge is 2.15. The number of halogens is 3. The van der Waals surface area contributed by atoms with Crippen molar-refractivity contribution in [3.05, 3.63) is 93.5 Å². The summed E-state index contributed by atoms with van der Waals surface area (Å²) in [6.07, 6.45) is 1.64. The Morgan fingerprint density at radius 2 is 1.78 bits per heavy atom. The Labute approximate surface area is 165 Å². The average molecular weight is 403 g/mol. The van der Waals surface area contributed by atoms with Gasteiger partial charge in [0.1, 0.15) is 17.0 Å². The van der Waals surface area contributed by atoms with Crippen LogP contribution in [0.25, 0.3) is 0 Å². The predicted molar refractivity (Wildman–Crippen MR) is 101 cm³/mol. The van der Waals surface area contributed by atoms with Gasteiger partial charge < -0.3 is 4.84 Å². The van der Waals surface area contributed by atoms with E-state index in [1.807, 2.05) is 18.2 Å². The lowest BCUT2D eigenvalue weighted by molar-refractivity contribution is 0.138. The first-order chi connectivity index (χ1) is 13.1. The van der Waals surface area contributed by atoms with Gasteiger partial charge in [0.15, 0.2) is 5.75 Å². The van der Waals surface area contributed by atoms with E-state index in [0.29, 0.717) is 10.2 Å². The fourth-order valence-corrected chi connectivity index (χ4v) is 2.61. The first kappa shape index (κ1) is 19.1. The number of nitrogens with one attached hydrogen (secondary N) is 2. The largest absolute Gasteiger partial charge is 0.394 e. The topological polar surface area (TPSA) is 70.0 Å². The molecule has 0 aliphatic heterocycles. The average Bonchev–Trinajstić information content (AvgIpc) is 2.67. The van der Waals surface area contributed by atoms with Crippen molar-refractivity contribution in [2.75, 3.05) is 0 Å². The molecule has 0 amide bonds. The molecule has 1 unspecified atom stereocenters. The zero-order chi connectivity index (χ0) is 19.2. The summed E-state index contributed by atoms with van der Waals surface area (Å²) in [5, 5.41) is 9.76. The smallest absolute Gasteiger partial charge is 0.152 e. The fourth-order valence-electron chi connectivity index (χ4n) is 2.37. The van der Waals surface area contributed by atoms with Crippen LogP contribution >= 0.6 is 23.2 Å².